The first kappa shape index (κ1) is 14.9. The van der Waals surface area contributed by atoms with Gasteiger partial charge in [-0.1, -0.05) is 6.07 Å². The first-order valence-corrected chi connectivity index (χ1v) is 7.69. The molecule has 2 rings (SSSR count). The fourth-order valence-corrected chi connectivity index (χ4v) is 2.93. The predicted molar refractivity (Wildman–Crippen MR) is 80.5 cm³/mol. The second-order valence-corrected chi connectivity index (χ2v) is 5.95. The van der Waals surface area contributed by atoms with E-state index in [1.54, 1.807) is 30.9 Å². The number of hydrogen-bond donors (Lipinski definition) is 2. The first-order chi connectivity index (χ1) is 9.52. The highest BCUT2D eigenvalue weighted by molar-refractivity contribution is 7.99. The van der Waals surface area contributed by atoms with Gasteiger partial charge in [0.05, 0.1) is 11.6 Å². The zero-order chi connectivity index (χ0) is 14.7. The first-order valence-electron chi connectivity index (χ1n) is 6.40. The lowest BCUT2D eigenvalue weighted by atomic mass is 10.1. The molecule has 108 valence electrons. The van der Waals surface area contributed by atoms with E-state index in [0.29, 0.717) is 10.9 Å². The van der Waals surface area contributed by atoms with E-state index in [2.05, 4.69) is 5.32 Å². The number of nitrogens with zero attached hydrogens (tertiary/aromatic N) is 1. The van der Waals surface area contributed by atoms with E-state index in [4.69, 9.17) is 5.11 Å². The normalized spacial score (nSPS) is 21.7. The Morgan fingerprint density at radius 2 is 2.20 bits per heavy atom. The van der Waals surface area contributed by atoms with Crippen molar-refractivity contribution in [3.8, 4) is 0 Å². The van der Waals surface area contributed by atoms with Gasteiger partial charge < -0.3 is 15.3 Å². The van der Waals surface area contributed by atoms with Crippen molar-refractivity contribution in [3.63, 3.8) is 0 Å². The maximum atomic E-state index is 12.4. The molecule has 1 amide bonds. The van der Waals surface area contributed by atoms with Crippen molar-refractivity contribution in [2.75, 3.05) is 24.7 Å². The average molecular weight is 294 g/mol. The summed E-state index contributed by atoms with van der Waals surface area (Å²) >= 11 is 1.76. The van der Waals surface area contributed by atoms with Crippen LogP contribution in [0.5, 0.6) is 0 Å². The summed E-state index contributed by atoms with van der Waals surface area (Å²) in [5, 5.41) is 12.7. The van der Waals surface area contributed by atoms with E-state index < -0.39 is 5.97 Å². The second-order valence-electron chi connectivity index (χ2n) is 4.81. The van der Waals surface area contributed by atoms with Crippen molar-refractivity contribution in [1.82, 2.24) is 5.32 Å². The molecule has 0 bridgehead atoms. The Hall–Kier alpha value is -1.53. The van der Waals surface area contributed by atoms with Crippen molar-refractivity contribution in [2.24, 2.45) is 0 Å². The van der Waals surface area contributed by atoms with Crippen molar-refractivity contribution >= 4 is 29.3 Å². The van der Waals surface area contributed by atoms with Crippen molar-refractivity contribution in [3.05, 3.63) is 29.8 Å². The van der Waals surface area contributed by atoms with Crippen LogP contribution in [0.25, 0.3) is 0 Å². The number of anilines is 1. The van der Waals surface area contributed by atoms with Crippen LogP contribution in [0.15, 0.2) is 24.3 Å². The number of carbonyl (C=O) groups is 2. The number of carboxylic acid groups (broad SMARTS) is 1. The molecule has 1 saturated heterocycles. The number of carbonyl (C=O) groups excluding carboxylic acids is 1. The summed E-state index contributed by atoms with van der Waals surface area (Å²) in [6, 6.07) is 6.23. The lowest BCUT2D eigenvalue weighted by molar-refractivity contribution is -0.119. The SMILES string of the molecule is CSC1CNC(C(=O)N(C)c2cccc(C(=O)O)c2)C1. The number of nitrogens with one attached hydrogen (secondary N) is 1. The van der Waals surface area contributed by atoms with Gasteiger partial charge in [0.2, 0.25) is 5.91 Å². The Balaban J connectivity index is 2.11. The quantitative estimate of drug-likeness (QED) is 0.879. The molecule has 1 aromatic rings. The van der Waals surface area contributed by atoms with Crippen LogP contribution in [-0.2, 0) is 4.79 Å². The predicted octanol–water partition coefficient (Wildman–Crippen LogP) is 1.44. The highest BCUT2D eigenvalue weighted by atomic mass is 32.2. The molecule has 1 heterocycles. The van der Waals surface area contributed by atoms with E-state index in [9.17, 15) is 9.59 Å². The molecule has 0 radical (unpaired) electrons. The van der Waals surface area contributed by atoms with E-state index in [1.165, 1.54) is 17.0 Å². The molecule has 2 unspecified atom stereocenters. The summed E-state index contributed by atoms with van der Waals surface area (Å²) in [6.45, 7) is 0.834. The lowest BCUT2D eigenvalue weighted by Gasteiger charge is -2.21. The molecule has 0 aliphatic carbocycles. The third kappa shape index (κ3) is 3.13. The Labute approximate surface area is 122 Å². The van der Waals surface area contributed by atoms with E-state index in [1.807, 2.05) is 6.26 Å². The minimum absolute atomic E-state index is 0.0240. The number of aromatic carboxylic acids is 1. The lowest BCUT2D eigenvalue weighted by Crippen LogP contribution is -2.41. The van der Waals surface area contributed by atoms with Crippen LogP contribution in [0.1, 0.15) is 16.8 Å². The van der Waals surface area contributed by atoms with E-state index in [-0.39, 0.29) is 17.5 Å². The number of amides is 1. The Kier molecular flexibility index (Phi) is 4.67. The minimum Gasteiger partial charge on any atom is -0.478 e. The van der Waals surface area contributed by atoms with Gasteiger partial charge in [0, 0.05) is 24.5 Å². The smallest absolute Gasteiger partial charge is 0.335 e. The molecule has 6 heteroatoms. The molecular weight excluding hydrogens is 276 g/mol. The fourth-order valence-electron chi connectivity index (χ4n) is 2.28. The monoisotopic (exact) mass is 294 g/mol. The molecule has 0 saturated carbocycles. The highest BCUT2D eigenvalue weighted by Gasteiger charge is 2.31. The zero-order valence-corrected chi connectivity index (χ0v) is 12.3. The van der Waals surface area contributed by atoms with Gasteiger partial charge in [-0.05, 0) is 30.9 Å². The van der Waals surface area contributed by atoms with Gasteiger partial charge in [0.25, 0.3) is 0 Å². The molecule has 1 aliphatic heterocycles. The number of carboxylic acids is 1. The molecule has 5 nitrogen and oxygen atoms in total. The summed E-state index contributed by atoms with van der Waals surface area (Å²) in [4.78, 5) is 24.9. The molecular formula is C14H18N2O3S. The van der Waals surface area contributed by atoms with Crippen LogP contribution in [-0.4, -0.2) is 48.1 Å². The van der Waals surface area contributed by atoms with Crippen molar-refractivity contribution < 1.29 is 14.7 Å². The summed E-state index contributed by atoms with van der Waals surface area (Å²) < 4.78 is 0. The Morgan fingerprint density at radius 3 is 2.80 bits per heavy atom. The minimum atomic E-state index is -0.992. The molecule has 2 atom stereocenters. The fraction of sp³-hybridized carbons (Fsp3) is 0.429. The number of hydrogen-bond acceptors (Lipinski definition) is 4. The molecule has 1 aromatic carbocycles. The van der Waals surface area contributed by atoms with Crippen LogP contribution in [0, 0.1) is 0 Å². The highest BCUT2D eigenvalue weighted by Crippen LogP contribution is 2.22. The van der Waals surface area contributed by atoms with Gasteiger partial charge in [0.1, 0.15) is 0 Å². The maximum absolute atomic E-state index is 12.4. The number of thioether (sulfide) groups is 1. The topological polar surface area (TPSA) is 69.6 Å². The molecule has 0 aromatic heterocycles. The van der Waals surface area contributed by atoms with Gasteiger partial charge in [-0.3, -0.25) is 4.79 Å². The maximum Gasteiger partial charge on any atom is 0.335 e. The van der Waals surface area contributed by atoms with Gasteiger partial charge in [-0.25, -0.2) is 4.79 Å². The van der Waals surface area contributed by atoms with Gasteiger partial charge in [-0.2, -0.15) is 11.8 Å². The molecule has 2 N–H and O–H groups in total. The number of likely N-dealkylation sites (N-methyl/N-ethyl adjacent to an activating group) is 1. The zero-order valence-electron chi connectivity index (χ0n) is 11.5. The third-order valence-corrected chi connectivity index (χ3v) is 4.56. The second kappa shape index (κ2) is 6.28. The molecule has 0 spiro atoms. The summed E-state index contributed by atoms with van der Waals surface area (Å²) in [7, 11) is 1.68. The standard InChI is InChI=1S/C14H18N2O3S/c1-16(10-5-3-4-9(6-10)14(18)19)13(17)12-7-11(20-2)8-15-12/h3-6,11-12,15H,7-8H2,1-2H3,(H,18,19). The largest absolute Gasteiger partial charge is 0.478 e. The number of benzene rings is 1. The van der Waals surface area contributed by atoms with Crippen LogP contribution < -0.4 is 10.2 Å². The van der Waals surface area contributed by atoms with Gasteiger partial charge in [-0.15, -0.1) is 0 Å². The summed E-state index contributed by atoms with van der Waals surface area (Å²) in [5.74, 6) is -1.02. The van der Waals surface area contributed by atoms with Crippen LogP contribution in [0.4, 0.5) is 5.69 Å². The Morgan fingerprint density at radius 1 is 1.45 bits per heavy atom. The van der Waals surface area contributed by atoms with Crippen molar-refractivity contribution in [1.29, 1.82) is 0 Å². The number of rotatable bonds is 4. The summed E-state index contributed by atoms with van der Waals surface area (Å²) in [5.41, 5.74) is 0.785. The third-order valence-electron chi connectivity index (χ3n) is 3.53. The molecule has 1 aliphatic rings. The van der Waals surface area contributed by atoms with E-state index >= 15 is 0 Å². The van der Waals surface area contributed by atoms with Crippen LogP contribution >= 0.6 is 11.8 Å². The molecule has 1 fully saturated rings. The molecule has 20 heavy (non-hydrogen) atoms. The van der Waals surface area contributed by atoms with Crippen molar-refractivity contribution in [2.45, 2.75) is 17.7 Å². The van der Waals surface area contributed by atoms with Gasteiger partial charge >= 0.3 is 5.97 Å². The van der Waals surface area contributed by atoms with Crippen LogP contribution in [0.2, 0.25) is 0 Å². The average Bonchev–Trinajstić information content (AvgIpc) is 2.94. The van der Waals surface area contributed by atoms with E-state index in [0.717, 1.165) is 13.0 Å². The van der Waals surface area contributed by atoms with Gasteiger partial charge in [0.15, 0.2) is 0 Å². The summed E-state index contributed by atoms with van der Waals surface area (Å²) in [6.07, 6.45) is 2.85. The Bertz CT molecular complexity index is 521. The van der Waals surface area contributed by atoms with Crippen LogP contribution in [0.3, 0.4) is 0 Å².